The van der Waals surface area contributed by atoms with Crippen LogP contribution in [-0.4, -0.2) is 28.7 Å². The number of carbonyl (C=O) groups excluding carboxylic acids is 1. The highest BCUT2D eigenvalue weighted by atomic mass is 32.2. The maximum atomic E-state index is 15.8. The number of sulfonamides is 1. The first-order valence-corrected chi connectivity index (χ1v) is 18.4. The zero-order valence-corrected chi connectivity index (χ0v) is 29.6. The predicted octanol–water partition coefficient (Wildman–Crippen LogP) is 8.38. The molecular weight excluding hydrogens is 722 g/mol. The molecular formula is C38H36F6N4O4S. The zero-order valence-electron chi connectivity index (χ0n) is 28.8. The third kappa shape index (κ3) is 8.90. The molecule has 0 aliphatic heterocycles. The number of benzene rings is 4. The van der Waals surface area contributed by atoms with Gasteiger partial charge in [0.1, 0.15) is 23.3 Å². The highest BCUT2D eigenvalue weighted by molar-refractivity contribution is 7.90. The van der Waals surface area contributed by atoms with Crippen LogP contribution in [-0.2, 0) is 35.6 Å². The van der Waals surface area contributed by atoms with Crippen LogP contribution >= 0.6 is 0 Å². The summed E-state index contributed by atoms with van der Waals surface area (Å²) in [4.78, 5) is 26.0. The number of rotatable bonds is 14. The van der Waals surface area contributed by atoms with Crippen molar-refractivity contribution in [2.75, 3.05) is 0 Å². The highest BCUT2D eigenvalue weighted by Crippen LogP contribution is 2.34. The van der Waals surface area contributed by atoms with E-state index in [0.717, 1.165) is 48.1 Å². The maximum Gasteiger partial charge on any atom is 0.418 e. The van der Waals surface area contributed by atoms with Gasteiger partial charge in [-0.05, 0) is 72.9 Å². The highest BCUT2D eigenvalue weighted by Gasteiger charge is 2.35. The van der Waals surface area contributed by atoms with Crippen molar-refractivity contribution >= 4 is 15.9 Å². The van der Waals surface area contributed by atoms with Crippen LogP contribution in [0.2, 0.25) is 0 Å². The molecule has 0 bridgehead atoms. The Morgan fingerprint density at radius 2 is 1.57 bits per heavy atom. The maximum absolute atomic E-state index is 15.8. The third-order valence-corrected chi connectivity index (χ3v) is 10.0. The van der Waals surface area contributed by atoms with Crippen molar-refractivity contribution in [2.45, 2.75) is 76.4 Å². The van der Waals surface area contributed by atoms with E-state index in [1.807, 2.05) is 13.8 Å². The number of amides is 1. The van der Waals surface area contributed by atoms with E-state index in [9.17, 15) is 40.0 Å². The molecule has 5 aromatic rings. The number of hydrogen-bond donors (Lipinski definition) is 1. The van der Waals surface area contributed by atoms with E-state index in [4.69, 9.17) is 0 Å². The topological polar surface area (TPSA) is 103 Å². The van der Waals surface area contributed by atoms with E-state index in [1.165, 1.54) is 42.5 Å². The molecule has 1 amide bonds. The van der Waals surface area contributed by atoms with Gasteiger partial charge in [0.05, 0.1) is 28.3 Å². The van der Waals surface area contributed by atoms with Crippen molar-refractivity contribution < 1.29 is 39.6 Å². The molecule has 0 spiro atoms. The third-order valence-electron chi connectivity index (χ3n) is 8.63. The zero-order chi connectivity index (χ0) is 38.5. The largest absolute Gasteiger partial charge is 0.418 e. The van der Waals surface area contributed by atoms with Crippen LogP contribution in [0.1, 0.15) is 78.8 Å². The van der Waals surface area contributed by atoms with Crippen LogP contribution in [0.25, 0.3) is 16.8 Å². The molecule has 0 aliphatic carbocycles. The monoisotopic (exact) mass is 758 g/mol. The summed E-state index contributed by atoms with van der Waals surface area (Å²) in [5.74, 6) is -4.24. The van der Waals surface area contributed by atoms with Gasteiger partial charge in [0.15, 0.2) is 0 Å². The van der Waals surface area contributed by atoms with Gasteiger partial charge in [-0.1, -0.05) is 69.5 Å². The smallest absolute Gasteiger partial charge is 0.274 e. The number of nitrogens with zero attached hydrogens (tertiary/aromatic N) is 3. The van der Waals surface area contributed by atoms with Gasteiger partial charge >= 0.3 is 11.9 Å². The van der Waals surface area contributed by atoms with Gasteiger partial charge in [-0.15, -0.1) is 5.10 Å². The van der Waals surface area contributed by atoms with Gasteiger partial charge in [0.25, 0.3) is 15.9 Å². The number of alkyl halides is 3. The summed E-state index contributed by atoms with van der Waals surface area (Å²) in [6, 6.07) is 14.6. The molecule has 0 radical (unpaired) electrons. The molecule has 0 saturated heterocycles. The molecule has 53 heavy (non-hydrogen) atoms. The van der Waals surface area contributed by atoms with Crippen molar-refractivity contribution in [1.29, 1.82) is 0 Å². The number of hydrogen-bond acceptors (Lipinski definition) is 5. The summed E-state index contributed by atoms with van der Waals surface area (Å²) in [7, 11) is -4.70. The van der Waals surface area contributed by atoms with Crippen LogP contribution in [0, 0.1) is 17.5 Å². The minimum atomic E-state index is -4.78. The van der Waals surface area contributed by atoms with E-state index in [2.05, 4.69) is 5.10 Å². The van der Waals surface area contributed by atoms with Crippen molar-refractivity contribution in [3.8, 4) is 16.8 Å². The predicted molar refractivity (Wildman–Crippen MR) is 187 cm³/mol. The second-order valence-corrected chi connectivity index (χ2v) is 14.1. The Balaban J connectivity index is 1.50. The second kappa shape index (κ2) is 16.2. The normalized spacial score (nSPS) is 11.9. The average molecular weight is 759 g/mol. The lowest BCUT2D eigenvalue weighted by atomic mass is 10.0. The molecule has 15 heteroatoms. The first kappa shape index (κ1) is 39.0. The van der Waals surface area contributed by atoms with Crippen molar-refractivity contribution in [3.05, 3.63) is 135 Å². The fourth-order valence-electron chi connectivity index (χ4n) is 5.86. The molecule has 0 fully saturated rings. The Morgan fingerprint density at radius 1 is 0.830 bits per heavy atom. The molecule has 1 N–H and O–H groups in total. The van der Waals surface area contributed by atoms with Gasteiger partial charge in [-0.2, -0.15) is 17.9 Å². The summed E-state index contributed by atoms with van der Waals surface area (Å²) in [5.41, 5.74) is -2.59. The number of nitrogens with one attached hydrogen (secondary N) is 1. The molecule has 1 heterocycles. The molecule has 5 rings (SSSR count). The van der Waals surface area contributed by atoms with E-state index in [-0.39, 0.29) is 28.9 Å². The van der Waals surface area contributed by atoms with Crippen LogP contribution in [0.5, 0.6) is 0 Å². The molecule has 8 nitrogen and oxygen atoms in total. The lowest BCUT2D eigenvalue weighted by Crippen LogP contribution is -2.31. The van der Waals surface area contributed by atoms with Gasteiger partial charge in [-0.25, -0.2) is 31.1 Å². The number of aryl methyl sites for hydroxylation is 2. The van der Waals surface area contributed by atoms with Crippen molar-refractivity contribution in [3.63, 3.8) is 0 Å². The average Bonchev–Trinajstić information content (AvgIpc) is 3.42. The lowest BCUT2D eigenvalue weighted by Gasteiger charge is -2.14. The minimum Gasteiger partial charge on any atom is -0.274 e. The number of carbonyl (C=O) groups is 1. The van der Waals surface area contributed by atoms with Crippen molar-refractivity contribution in [1.82, 2.24) is 19.1 Å². The quantitative estimate of drug-likeness (QED) is 0.0906. The van der Waals surface area contributed by atoms with E-state index >= 15 is 4.39 Å². The minimum absolute atomic E-state index is 0.0345. The van der Waals surface area contributed by atoms with Crippen LogP contribution < -0.4 is 10.4 Å². The Bertz CT molecular complexity index is 2300. The van der Waals surface area contributed by atoms with Gasteiger partial charge in [-0.3, -0.25) is 9.36 Å². The van der Waals surface area contributed by atoms with Crippen LogP contribution in [0.3, 0.4) is 0 Å². The Kier molecular flexibility index (Phi) is 12.0. The Labute approximate surface area is 302 Å². The van der Waals surface area contributed by atoms with Crippen LogP contribution in [0.4, 0.5) is 26.3 Å². The molecule has 1 aromatic heterocycles. The van der Waals surface area contributed by atoms with Gasteiger partial charge < -0.3 is 0 Å². The van der Waals surface area contributed by atoms with E-state index < -0.39 is 73.5 Å². The summed E-state index contributed by atoms with van der Waals surface area (Å²) >= 11 is 0. The fraction of sp³-hybridized carbons (Fsp3) is 0.289. The molecule has 0 saturated carbocycles. The first-order chi connectivity index (χ1) is 25.1. The van der Waals surface area contributed by atoms with Crippen molar-refractivity contribution in [2.24, 2.45) is 0 Å². The number of aromatic nitrogens is 3. The Hall–Kier alpha value is -5.18. The van der Waals surface area contributed by atoms with E-state index in [1.54, 1.807) is 4.72 Å². The van der Waals surface area contributed by atoms with Gasteiger partial charge in [0.2, 0.25) is 0 Å². The van der Waals surface area contributed by atoms with E-state index in [0.29, 0.717) is 41.6 Å². The second-order valence-electron chi connectivity index (χ2n) is 12.5. The molecule has 0 aliphatic rings. The summed E-state index contributed by atoms with van der Waals surface area (Å²) in [6.45, 7) is 3.51. The molecule has 0 unspecified atom stereocenters. The Morgan fingerprint density at radius 3 is 2.26 bits per heavy atom. The summed E-state index contributed by atoms with van der Waals surface area (Å²) in [5, 5.41) is 4.31. The number of unbranched alkanes of at least 4 members (excludes halogenated alkanes) is 3. The van der Waals surface area contributed by atoms with Crippen LogP contribution in [0.15, 0.2) is 88.6 Å². The molecule has 4 aromatic carbocycles. The fourth-order valence-corrected chi connectivity index (χ4v) is 7.05. The standard InChI is InChI=1S/C38H36F6N4O4S/c1-3-5-7-10-24-14-18-30(38(42,43)44)33(20-24)48-37(50)47(35(45-48)13-6-4-2)23-26-16-15-25(21-32(26)41)28-11-8-9-12-34(28)53(51,52)46-36(49)29-22-27(39)17-19-31(29)40/h8-9,11-12,14-22H,3-7,10,13,23H2,1-2H3,(H,46,49). The molecule has 280 valence electrons. The SMILES string of the molecule is CCCCCc1ccc(C(F)(F)F)c(-n2nc(CCCC)n(Cc3ccc(-c4ccccc4S(=O)(=O)NC(=O)c4cc(F)ccc4F)cc3F)c2=O)c1. The van der Waals surface area contributed by atoms with Gasteiger partial charge in [0, 0.05) is 17.5 Å². The first-order valence-electron chi connectivity index (χ1n) is 16.9. The summed E-state index contributed by atoms with van der Waals surface area (Å²) in [6.07, 6.45) is -0.259. The lowest BCUT2D eigenvalue weighted by molar-refractivity contribution is -0.137. The number of halogens is 6. The summed E-state index contributed by atoms with van der Waals surface area (Å²) < 4.78 is 116. The molecule has 0 atom stereocenters.